The molecule has 0 atom stereocenters. The van der Waals surface area contributed by atoms with Crippen molar-refractivity contribution in [3.63, 3.8) is 0 Å². The molecule has 0 unspecified atom stereocenters. The van der Waals surface area contributed by atoms with Crippen LogP contribution in [0.3, 0.4) is 0 Å². The summed E-state index contributed by atoms with van der Waals surface area (Å²) in [5.74, 6) is -1.30. The Labute approximate surface area is 113 Å². The predicted molar refractivity (Wildman–Crippen MR) is 70.7 cm³/mol. The van der Waals surface area contributed by atoms with E-state index in [1.165, 1.54) is 12.4 Å². The van der Waals surface area contributed by atoms with Crippen LogP contribution in [0.2, 0.25) is 0 Å². The van der Waals surface area contributed by atoms with E-state index in [1.807, 2.05) is 6.92 Å². The molecule has 5 nitrogen and oxygen atoms in total. The summed E-state index contributed by atoms with van der Waals surface area (Å²) in [5.41, 5.74) is 1.84. The second-order valence-electron chi connectivity index (χ2n) is 4.38. The zero-order valence-corrected chi connectivity index (χ0v) is 10.9. The smallest absolute Gasteiger partial charge is 0.163 e. The van der Waals surface area contributed by atoms with Crippen molar-refractivity contribution in [2.45, 2.75) is 6.92 Å². The highest BCUT2D eigenvalue weighted by molar-refractivity contribution is 5.90. The molecule has 0 spiro atoms. The van der Waals surface area contributed by atoms with Gasteiger partial charge in [-0.3, -0.25) is 4.68 Å². The predicted octanol–water partition coefficient (Wildman–Crippen LogP) is 2.69. The van der Waals surface area contributed by atoms with Crippen LogP contribution < -0.4 is 5.32 Å². The number of benzene rings is 1. The molecule has 0 aliphatic heterocycles. The van der Waals surface area contributed by atoms with E-state index in [-0.39, 0.29) is 0 Å². The third-order valence-corrected chi connectivity index (χ3v) is 2.98. The fraction of sp³-hybridized carbons (Fsp3) is 0.154. The van der Waals surface area contributed by atoms with Crippen molar-refractivity contribution in [2.75, 3.05) is 5.32 Å². The number of aryl methyl sites for hydroxylation is 2. The molecular formula is C13H11F2N5. The van der Waals surface area contributed by atoms with Gasteiger partial charge in [0, 0.05) is 18.8 Å². The van der Waals surface area contributed by atoms with Crippen LogP contribution in [0.15, 0.2) is 24.5 Å². The second kappa shape index (κ2) is 4.52. The van der Waals surface area contributed by atoms with Gasteiger partial charge in [0.1, 0.15) is 12.1 Å². The molecule has 3 rings (SSSR count). The molecule has 0 saturated heterocycles. The summed E-state index contributed by atoms with van der Waals surface area (Å²) < 4.78 is 27.8. The molecule has 20 heavy (non-hydrogen) atoms. The van der Waals surface area contributed by atoms with Gasteiger partial charge in [0.15, 0.2) is 17.3 Å². The zero-order chi connectivity index (χ0) is 14.3. The van der Waals surface area contributed by atoms with Crippen molar-refractivity contribution < 1.29 is 8.78 Å². The highest BCUT2D eigenvalue weighted by atomic mass is 19.2. The Bertz CT molecular complexity index is 797. The minimum absolute atomic E-state index is 0.409. The summed E-state index contributed by atoms with van der Waals surface area (Å²) in [6.45, 7) is 1.84. The molecule has 0 fully saturated rings. The SMILES string of the molecule is Cc1nn(C)c2ncnc(Nc3ccc(F)c(F)c3)c12. The lowest BCUT2D eigenvalue weighted by Gasteiger charge is -2.07. The Hall–Kier alpha value is -2.57. The lowest BCUT2D eigenvalue weighted by molar-refractivity contribution is 0.509. The average Bonchev–Trinajstić information content (AvgIpc) is 2.71. The van der Waals surface area contributed by atoms with Gasteiger partial charge in [0.05, 0.1) is 11.1 Å². The molecule has 0 aliphatic rings. The molecule has 2 aromatic heterocycles. The number of nitrogens with zero attached hydrogens (tertiary/aromatic N) is 4. The normalized spacial score (nSPS) is 11.0. The van der Waals surface area contributed by atoms with Crippen LogP contribution in [0.25, 0.3) is 11.0 Å². The quantitative estimate of drug-likeness (QED) is 0.781. The molecule has 0 saturated carbocycles. The highest BCUT2D eigenvalue weighted by Crippen LogP contribution is 2.25. The number of nitrogens with one attached hydrogen (secondary N) is 1. The largest absolute Gasteiger partial charge is 0.339 e. The molecule has 3 aromatic rings. The van der Waals surface area contributed by atoms with E-state index < -0.39 is 11.6 Å². The number of aromatic nitrogens is 4. The first-order valence-corrected chi connectivity index (χ1v) is 5.92. The molecule has 1 aromatic carbocycles. The molecule has 7 heteroatoms. The molecule has 0 amide bonds. The molecule has 0 aliphatic carbocycles. The Morgan fingerprint density at radius 3 is 2.70 bits per heavy atom. The Balaban J connectivity index is 2.08. The van der Waals surface area contributed by atoms with Crippen molar-refractivity contribution in [2.24, 2.45) is 7.05 Å². The van der Waals surface area contributed by atoms with E-state index in [0.29, 0.717) is 17.2 Å². The van der Waals surface area contributed by atoms with Crippen molar-refractivity contribution in [1.82, 2.24) is 19.7 Å². The maximum absolute atomic E-state index is 13.2. The number of halogens is 2. The van der Waals surface area contributed by atoms with E-state index in [1.54, 1.807) is 11.7 Å². The van der Waals surface area contributed by atoms with Gasteiger partial charge in [-0.1, -0.05) is 0 Å². The van der Waals surface area contributed by atoms with Crippen LogP contribution >= 0.6 is 0 Å². The van der Waals surface area contributed by atoms with Crippen molar-refractivity contribution in [3.8, 4) is 0 Å². The van der Waals surface area contributed by atoms with E-state index >= 15 is 0 Å². The van der Waals surface area contributed by atoms with E-state index in [0.717, 1.165) is 23.2 Å². The number of fused-ring (bicyclic) bond motifs is 1. The van der Waals surface area contributed by atoms with Crippen LogP contribution in [-0.4, -0.2) is 19.7 Å². The van der Waals surface area contributed by atoms with Crippen molar-refractivity contribution >= 4 is 22.5 Å². The highest BCUT2D eigenvalue weighted by Gasteiger charge is 2.12. The standard InChI is InChI=1S/C13H11F2N5/c1-7-11-12(16-6-17-13(11)20(2)19-7)18-8-3-4-9(14)10(15)5-8/h3-6H,1-2H3,(H,16,17,18). The monoisotopic (exact) mass is 275 g/mol. The molecule has 0 radical (unpaired) electrons. The van der Waals surface area contributed by atoms with Gasteiger partial charge in [0.2, 0.25) is 0 Å². The minimum Gasteiger partial charge on any atom is -0.339 e. The van der Waals surface area contributed by atoms with Crippen LogP contribution in [0.1, 0.15) is 5.69 Å². The van der Waals surface area contributed by atoms with Gasteiger partial charge < -0.3 is 5.32 Å². The third-order valence-electron chi connectivity index (χ3n) is 2.98. The Morgan fingerprint density at radius 2 is 1.95 bits per heavy atom. The number of rotatable bonds is 2. The van der Waals surface area contributed by atoms with Crippen LogP contribution in [-0.2, 0) is 7.05 Å². The second-order valence-corrected chi connectivity index (χ2v) is 4.38. The number of anilines is 2. The van der Waals surface area contributed by atoms with Crippen LogP contribution in [0.4, 0.5) is 20.3 Å². The van der Waals surface area contributed by atoms with Gasteiger partial charge in [-0.2, -0.15) is 5.10 Å². The van der Waals surface area contributed by atoms with Gasteiger partial charge in [-0.25, -0.2) is 18.7 Å². The van der Waals surface area contributed by atoms with Crippen LogP contribution in [0, 0.1) is 18.6 Å². The maximum atomic E-state index is 13.2. The fourth-order valence-corrected chi connectivity index (χ4v) is 2.08. The minimum atomic E-state index is -0.914. The van der Waals surface area contributed by atoms with Crippen LogP contribution in [0.5, 0.6) is 0 Å². The lowest BCUT2D eigenvalue weighted by Crippen LogP contribution is -1.98. The third kappa shape index (κ3) is 1.97. The van der Waals surface area contributed by atoms with Crippen molar-refractivity contribution in [1.29, 1.82) is 0 Å². The van der Waals surface area contributed by atoms with Gasteiger partial charge in [-0.15, -0.1) is 0 Å². The summed E-state index contributed by atoms with van der Waals surface area (Å²) in [4.78, 5) is 8.29. The average molecular weight is 275 g/mol. The zero-order valence-electron chi connectivity index (χ0n) is 10.9. The van der Waals surface area contributed by atoms with E-state index in [4.69, 9.17) is 0 Å². The summed E-state index contributed by atoms with van der Waals surface area (Å²) >= 11 is 0. The molecule has 1 N–H and O–H groups in total. The molecular weight excluding hydrogens is 264 g/mol. The summed E-state index contributed by atoms with van der Waals surface area (Å²) in [6, 6.07) is 3.58. The first-order valence-electron chi connectivity index (χ1n) is 5.92. The van der Waals surface area contributed by atoms with E-state index in [2.05, 4.69) is 20.4 Å². The summed E-state index contributed by atoms with van der Waals surface area (Å²) in [7, 11) is 1.78. The topological polar surface area (TPSA) is 55.6 Å². The first kappa shape index (κ1) is 12.5. The van der Waals surface area contributed by atoms with Crippen molar-refractivity contribution in [3.05, 3.63) is 41.9 Å². The fourth-order valence-electron chi connectivity index (χ4n) is 2.08. The maximum Gasteiger partial charge on any atom is 0.163 e. The lowest BCUT2D eigenvalue weighted by atomic mass is 10.2. The van der Waals surface area contributed by atoms with Gasteiger partial charge >= 0.3 is 0 Å². The van der Waals surface area contributed by atoms with Gasteiger partial charge in [-0.05, 0) is 19.1 Å². The first-order chi connectivity index (χ1) is 9.56. The van der Waals surface area contributed by atoms with Gasteiger partial charge in [0.25, 0.3) is 0 Å². The molecule has 0 bridgehead atoms. The number of hydrogen-bond acceptors (Lipinski definition) is 4. The Kier molecular flexibility index (Phi) is 2.81. The Morgan fingerprint density at radius 1 is 1.15 bits per heavy atom. The molecule has 102 valence electrons. The summed E-state index contributed by atoms with van der Waals surface area (Å²) in [6.07, 6.45) is 1.39. The molecule has 2 heterocycles. The summed E-state index contributed by atoms with van der Waals surface area (Å²) in [5, 5.41) is 7.97. The number of hydrogen-bond donors (Lipinski definition) is 1. The van der Waals surface area contributed by atoms with E-state index in [9.17, 15) is 8.78 Å².